The van der Waals surface area contributed by atoms with E-state index in [9.17, 15) is 9.59 Å². The smallest absolute Gasteiger partial charge is 0.223 e. The van der Waals surface area contributed by atoms with Gasteiger partial charge in [0.05, 0.1) is 6.04 Å². The second kappa shape index (κ2) is 7.68. The van der Waals surface area contributed by atoms with Gasteiger partial charge in [0.2, 0.25) is 11.8 Å². The summed E-state index contributed by atoms with van der Waals surface area (Å²) in [5, 5.41) is 10.2. The summed E-state index contributed by atoms with van der Waals surface area (Å²) in [7, 11) is 0. The molecule has 0 unspecified atom stereocenters. The van der Waals surface area contributed by atoms with Crippen molar-refractivity contribution in [3.05, 3.63) is 36.2 Å². The Morgan fingerprint density at radius 1 is 1.31 bits per heavy atom. The summed E-state index contributed by atoms with van der Waals surface area (Å²) in [6.07, 6.45) is 1.11. The Morgan fingerprint density at radius 3 is 2.69 bits per heavy atom. The number of amides is 2. The highest BCUT2D eigenvalue weighted by Gasteiger charge is 2.38. The van der Waals surface area contributed by atoms with Crippen LogP contribution in [-0.4, -0.2) is 44.5 Å². The summed E-state index contributed by atoms with van der Waals surface area (Å²) in [6, 6.07) is 9.44. The second-order valence-corrected chi connectivity index (χ2v) is 7.20. The number of aromatic nitrogens is 3. The van der Waals surface area contributed by atoms with Crippen molar-refractivity contribution in [3.63, 3.8) is 0 Å². The van der Waals surface area contributed by atoms with Crippen LogP contribution in [0, 0.1) is 5.92 Å². The first kappa shape index (κ1) is 18.1. The fourth-order valence-electron chi connectivity index (χ4n) is 3.37. The van der Waals surface area contributed by atoms with Gasteiger partial charge < -0.3 is 10.2 Å². The Hall–Kier alpha value is -2.70. The van der Waals surface area contributed by atoms with E-state index >= 15 is 0 Å². The molecular formula is C19H25N5O2. The summed E-state index contributed by atoms with van der Waals surface area (Å²) in [5.74, 6) is 1.54. The highest BCUT2D eigenvalue weighted by molar-refractivity contribution is 5.78. The van der Waals surface area contributed by atoms with Crippen molar-refractivity contribution in [2.24, 2.45) is 5.92 Å². The largest absolute Gasteiger partial charge is 0.352 e. The maximum absolute atomic E-state index is 12.7. The molecule has 2 atom stereocenters. The van der Waals surface area contributed by atoms with Crippen LogP contribution >= 0.6 is 0 Å². The lowest BCUT2D eigenvalue weighted by molar-refractivity contribution is -0.133. The van der Waals surface area contributed by atoms with Crippen molar-refractivity contribution >= 4 is 11.8 Å². The zero-order valence-electron chi connectivity index (χ0n) is 15.4. The first-order chi connectivity index (χ1) is 12.4. The second-order valence-electron chi connectivity index (χ2n) is 7.20. The Bertz CT molecular complexity index is 771. The topological polar surface area (TPSA) is 91.0 Å². The van der Waals surface area contributed by atoms with E-state index in [0.717, 1.165) is 5.56 Å². The van der Waals surface area contributed by atoms with Gasteiger partial charge in [-0.05, 0) is 12.3 Å². The third-order valence-corrected chi connectivity index (χ3v) is 4.46. The Labute approximate surface area is 153 Å². The predicted molar refractivity (Wildman–Crippen MR) is 97.9 cm³/mol. The van der Waals surface area contributed by atoms with Gasteiger partial charge in [-0.2, -0.15) is 5.10 Å². The molecule has 26 heavy (non-hydrogen) atoms. The predicted octanol–water partition coefficient (Wildman–Crippen LogP) is 2.30. The first-order valence-corrected chi connectivity index (χ1v) is 8.98. The molecule has 2 aromatic rings. The van der Waals surface area contributed by atoms with E-state index in [1.165, 1.54) is 6.92 Å². The average Bonchev–Trinajstić information content (AvgIpc) is 3.21. The molecule has 1 aromatic carbocycles. The highest BCUT2D eigenvalue weighted by Crippen LogP contribution is 2.32. The van der Waals surface area contributed by atoms with Crippen LogP contribution in [-0.2, 0) is 9.59 Å². The molecule has 3 rings (SSSR count). The van der Waals surface area contributed by atoms with E-state index in [2.05, 4.69) is 20.5 Å². The SMILES string of the molecule is CC(=O)N[C@H]1C[C@@H](c2nc(-c3ccccc3)n[nH]2)N(C(=O)CC(C)C)C1. The lowest BCUT2D eigenvalue weighted by Crippen LogP contribution is -2.38. The molecule has 1 aliphatic heterocycles. The molecule has 1 fully saturated rings. The van der Waals surface area contributed by atoms with Crippen LogP contribution in [0.1, 0.15) is 45.5 Å². The number of carbonyl (C=O) groups excluding carboxylic acids is 2. The number of nitrogens with zero attached hydrogens (tertiary/aromatic N) is 3. The molecule has 2 amide bonds. The van der Waals surface area contributed by atoms with Gasteiger partial charge >= 0.3 is 0 Å². The van der Waals surface area contributed by atoms with Crippen molar-refractivity contribution in [1.29, 1.82) is 0 Å². The van der Waals surface area contributed by atoms with E-state index in [4.69, 9.17) is 0 Å². The van der Waals surface area contributed by atoms with Gasteiger partial charge in [-0.3, -0.25) is 14.7 Å². The van der Waals surface area contributed by atoms with Crippen molar-refractivity contribution in [3.8, 4) is 11.4 Å². The quantitative estimate of drug-likeness (QED) is 0.861. The van der Waals surface area contributed by atoms with E-state index in [1.807, 2.05) is 49.1 Å². The normalized spacial score (nSPS) is 19.8. The van der Waals surface area contributed by atoms with Gasteiger partial charge in [0.1, 0.15) is 5.82 Å². The third-order valence-electron chi connectivity index (χ3n) is 4.46. The van der Waals surface area contributed by atoms with E-state index < -0.39 is 0 Å². The van der Waals surface area contributed by atoms with Gasteiger partial charge in [0, 0.05) is 31.5 Å². The molecule has 0 saturated carbocycles. The lowest BCUT2D eigenvalue weighted by Gasteiger charge is -2.23. The summed E-state index contributed by atoms with van der Waals surface area (Å²) >= 11 is 0. The van der Waals surface area contributed by atoms with Crippen LogP contribution in [0.3, 0.4) is 0 Å². The Kier molecular flexibility index (Phi) is 5.35. The van der Waals surface area contributed by atoms with Crippen LogP contribution in [0.25, 0.3) is 11.4 Å². The number of rotatable bonds is 5. The minimum atomic E-state index is -0.205. The van der Waals surface area contributed by atoms with E-state index in [0.29, 0.717) is 31.0 Å². The maximum Gasteiger partial charge on any atom is 0.223 e. The van der Waals surface area contributed by atoms with E-state index in [1.54, 1.807) is 0 Å². The summed E-state index contributed by atoms with van der Waals surface area (Å²) < 4.78 is 0. The molecule has 7 heteroatoms. The molecule has 1 saturated heterocycles. The van der Waals surface area contributed by atoms with Gasteiger partial charge in [-0.15, -0.1) is 0 Å². The molecule has 2 heterocycles. The van der Waals surface area contributed by atoms with Crippen molar-refractivity contribution in [2.75, 3.05) is 6.54 Å². The fraction of sp³-hybridized carbons (Fsp3) is 0.474. The van der Waals surface area contributed by atoms with Crippen LogP contribution < -0.4 is 5.32 Å². The minimum Gasteiger partial charge on any atom is -0.352 e. The number of nitrogens with one attached hydrogen (secondary N) is 2. The monoisotopic (exact) mass is 355 g/mol. The minimum absolute atomic E-state index is 0.0705. The van der Waals surface area contributed by atoms with Crippen molar-refractivity contribution in [2.45, 2.75) is 45.7 Å². The molecule has 1 aliphatic rings. The zero-order valence-corrected chi connectivity index (χ0v) is 15.4. The van der Waals surface area contributed by atoms with Gasteiger partial charge in [-0.25, -0.2) is 4.98 Å². The van der Waals surface area contributed by atoms with Crippen LogP contribution in [0.4, 0.5) is 0 Å². The molecule has 0 spiro atoms. The molecule has 0 aliphatic carbocycles. The molecule has 1 aromatic heterocycles. The van der Waals surface area contributed by atoms with Crippen LogP contribution in [0.2, 0.25) is 0 Å². The number of likely N-dealkylation sites (tertiary alicyclic amines) is 1. The molecule has 2 N–H and O–H groups in total. The molecular weight excluding hydrogens is 330 g/mol. The Morgan fingerprint density at radius 2 is 2.04 bits per heavy atom. The fourth-order valence-corrected chi connectivity index (χ4v) is 3.37. The number of H-pyrrole nitrogens is 1. The zero-order chi connectivity index (χ0) is 18.7. The number of benzene rings is 1. The third kappa shape index (κ3) is 4.09. The van der Waals surface area contributed by atoms with Gasteiger partial charge in [0.25, 0.3) is 0 Å². The summed E-state index contributed by atoms with van der Waals surface area (Å²) in [6.45, 7) is 6.04. The van der Waals surface area contributed by atoms with Gasteiger partial charge in [-0.1, -0.05) is 44.2 Å². The van der Waals surface area contributed by atoms with Gasteiger partial charge in [0.15, 0.2) is 5.82 Å². The van der Waals surface area contributed by atoms with Crippen LogP contribution in [0.15, 0.2) is 30.3 Å². The first-order valence-electron chi connectivity index (χ1n) is 8.98. The van der Waals surface area contributed by atoms with E-state index in [-0.39, 0.29) is 29.8 Å². The highest BCUT2D eigenvalue weighted by atomic mass is 16.2. The lowest BCUT2D eigenvalue weighted by atomic mass is 10.1. The maximum atomic E-state index is 12.7. The number of aromatic amines is 1. The molecule has 138 valence electrons. The number of carbonyl (C=O) groups is 2. The van der Waals surface area contributed by atoms with Crippen molar-refractivity contribution in [1.82, 2.24) is 25.4 Å². The standard InChI is InChI=1S/C19H25N5O2/c1-12(2)9-17(26)24-11-15(20-13(3)25)10-16(24)19-21-18(22-23-19)14-7-5-4-6-8-14/h4-8,12,15-16H,9-11H2,1-3H3,(H,20,25)(H,21,22,23)/t15-,16-/m0/s1. The Balaban J connectivity index is 1.83. The molecule has 7 nitrogen and oxygen atoms in total. The molecule has 0 radical (unpaired) electrons. The van der Waals surface area contributed by atoms with Crippen molar-refractivity contribution < 1.29 is 9.59 Å². The molecule has 0 bridgehead atoms. The number of hydrogen-bond acceptors (Lipinski definition) is 4. The number of hydrogen-bond donors (Lipinski definition) is 2. The summed E-state index contributed by atoms with van der Waals surface area (Å²) in [4.78, 5) is 30.6. The average molecular weight is 355 g/mol. The summed E-state index contributed by atoms with van der Waals surface area (Å²) in [5.41, 5.74) is 0.923. The van der Waals surface area contributed by atoms with Crippen LogP contribution in [0.5, 0.6) is 0 Å².